The van der Waals surface area contributed by atoms with Crippen molar-refractivity contribution in [3.63, 3.8) is 0 Å². The topological polar surface area (TPSA) is 110 Å². The number of nitrogens with zero attached hydrogens (tertiary/aromatic N) is 2. The zero-order chi connectivity index (χ0) is 22.9. The van der Waals surface area contributed by atoms with Gasteiger partial charge in [0.15, 0.2) is 6.61 Å². The number of aromatic nitrogens is 2. The summed E-state index contributed by atoms with van der Waals surface area (Å²) in [4.78, 5) is 43.8. The largest absolute Gasteiger partial charge is 0.456 e. The third-order valence-electron chi connectivity index (χ3n) is 3.99. The summed E-state index contributed by atoms with van der Waals surface area (Å²) in [6.45, 7) is 0.848. The quantitative estimate of drug-likeness (QED) is 0.375. The summed E-state index contributed by atoms with van der Waals surface area (Å²) in [5.74, 6) is -0.473. The lowest BCUT2D eigenvalue weighted by molar-refractivity contribution is -0.144. The van der Waals surface area contributed by atoms with E-state index in [1.165, 1.54) is 18.7 Å². The van der Waals surface area contributed by atoms with E-state index < -0.39 is 11.9 Å². The fourth-order valence-corrected chi connectivity index (χ4v) is 3.60. The highest BCUT2D eigenvalue weighted by Gasteiger charge is 2.14. The van der Waals surface area contributed by atoms with Gasteiger partial charge < -0.3 is 15.4 Å². The molecule has 164 valence electrons. The van der Waals surface area contributed by atoms with Crippen molar-refractivity contribution in [2.24, 2.45) is 0 Å². The first-order valence-corrected chi connectivity index (χ1v) is 10.8. The van der Waals surface area contributed by atoms with Gasteiger partial charge in [0.25, 0.3) is 11.8 Å². The molecule has 32 heavy (non-hydrogen) atoms. The molecule has 0 bridgehead atoms. The number of halogens is 1. The second-order valence-corrected chi connectivity index (χ2v) is 7.88. The van der Waals surface area contributed by atoms with E-state index in [2.05, 4.69) is 25.3 Å². The summed E-state index contributed by atoms with van der Waals surface area (Å²) < 4.78 is 4.66. The number of esters is 1. The molecule has 2 N–H and O–H groups in total. The van der Waals surface area contributed by atoms with Crippen molar-refractivity contribution in [3.05, 3.63) is 77.1 Å². The molecule has 8 nitrogen and oxygen atoms in total. The molecule has 0 radical (unpaired) electrons. The van der Waals surface area contributed by atoms with Crippen LogP contribution in [0.4, 0.5) is 11.5 Å². The van der Waals surface area contributed by atoms with Crippen LogP contribution in [0.5, 0.6) is 0 Å². The Morgan fingerprint density at radius 3 is 2.56 bits per heavy atom. The number of amides is 2. The predicted octanol–water partition coefficient (Wildman–Crippen LogP) is 4.18. The standard InChI is InChI=1S/C22H19ClN4O4S/c1-14(28)31-12-20(29)27-19-11-15(8-10-24-19)13-32-22-18(3-2-9-25-22)21(30)26-17-6-4-16(23)5-7-17/h2-11H,12-13H2,1H3,(H,26,30)(H,24,27,29). The minimum absolute atomic E-state index is 0.281. The fourth-order valence-electron chi connectivity index (χ4n) is 2.54. The SMILES string of the molecule is CC(=O)OCC(=O)Nc1cc(CSc2ncccc2C(=O)Nc2ccc(Cl)cc2)ccn1. The van der Waals surface area contributed by atoms with E-state index in [0.29, 0.717) is 32.9 Å². The van der Waals surface area contributed by atoms with Gasteiger partial charge in [0, 0.05) is 35.8 Å². The van der Waals surface area contributed by atoms with E-state index >= 15 is 0 Å². The molecule has 2 amide bonds. The summed E-state index contributed by atoms with van der Waals surface area (Å²) in [6, 6.07) is 13.7. The summed E-state index contributed by atoms with van der Waals surface area (Å²) in [5.41, 5.74) is 1.93. The summed E-state index contributed by atoms with van der Waals surface area (Å²) in [7, 11) is 0. The zero-order valence-corrected chi connectivity index (χ0v) is 18.6. The molecule has 0 saturated carbocycles. The van der Waals surface area contributed by atoms with Crippen LogP contribution in [0.2, 0.25) is 5.02 Å². The second-order valence-electron chi connectivity index (χ2n) is 6.48. The Morgan fingerprint density at radius 2 is 1.81 bits per heavy atom. The minimum atomic E-state index is -0.537. The van der Waals surface area contributed by atoms with Gasteiger partial charge in [-0.2, -0.15) is 0 Å². The maximum Gasteiger partial charge on any atom is 0.303 e. The number of rotatable bonds is 8. The molecule has 1 aromatic carbocycles. The van der Waals surface area contributed by atoms with Gasteiger partial charge in [-0.25, -0.2) is 9.97 Å². The van der Waals surface area contributed by atoms with Crippen molar-refractivity contribution in [2.45, 2.75) is 17.7 Å². The Bertz CT molecular complexity index is 1120. The Balaban J connectivity index is 1.63. The van der Waals surface area contributed by atoms with Crippen LogP contribution in [0, 0.1) is 0 Å². The molecule has 10 heteroatoms. The average molecular weight is 471 g/mol. The highest BCUT2D eigenvalue weighted by molar-refractivity contribution is 7.98. The molecule has 0 fully saturated rings. The monoisotopic (exact) mass is 470 g/mol. The van der Waals surface area contributed by atoms with Gasteiger partial charge in [-0.15, -0.1) is 11.8 Å². The number of thioether (sulfide) groups is 1. The highest BCUT2D eigenvalue weighted by Crippen LogP contribution is 2.26. The molecule has 0 unspecified atom stereocenters. The molecule has 3 rings (SSSR count). The van der Waals surface area contributed by atoms with Gasteiger partial charge in [-0.05, 0) is 54.1 Å². The van der Waals surface area contributed by atoms with Crippen molar-refractivity contribution >= 4 is 52.7 Å². The van der Waals surface area contributed by atoms with Gasteiger partial charge in [0.1, 0.15) is 10.8 Å². The van der Waals surface area contributed by atoms with Gasteiger partial charge in [0.2, 0.25) is 0 Å². The van der Waals surface area contributed by atoms with Gasteiger partial charge in [0.05, 0.1) is 5.56 Å². The molecular weight excluding hydrogens is 452 g/mol. The van der Waals surface area contributed by atoms with Crippen LogP contribution in [0.1, 0.15) is 22.8 Å². The Kier molecular flexibility index (Phi) is 8.18. The van der Waals surface area contributed by atoms with E-state index in [1.54, 1.807) is 60.9 Å². The van der Waals surface area contributed by atoms with Crippen LogP contribution < -0.4 is 10.6 Å². The van der Waals surface area contributed by atoms with Crippen LogP contribution in [-0.2, 0) is 20.1 Å². The third-order valence-corrected chi connectivity index (χ3v) is 5.32. The van der Waals surface area contributed by atoms with Gasteiger partial charge >= 0.3 is 5.97 Å². The average Bonchev–Trinajstić information content (AvgIpc) is 2.78. The van der Waals surface area contributed by atoms with E-state index in [4.69, 9.17) is 11.6 Å². The smallest absolute Gasteiger partial charge is 0.303 e. The van der Waals surface area contributed by atoms with Crippen molar-refractivity contribution in [2.75, 3.05) is 17.2 Å². The predicted molar refractivity (Wildman–Crippen MR) is 123 cm³/mol. The number of hydrogen-bond acceptors (Lipinski definition) is 7. The number of hydrogen-bond donors (Lipinski definition) is 2. The molecule has 0 saturated heterocycles. The number of pyridine rings is 2. The normalized spacial score (nSPS) is 10.3. The van der Waals surface area contributed by atoms with Crippen molar-refractivity contribution in [1.29, 1.82) is 0 Å². The van der Waals surface area contributed by atoms with Gasteiger partial charge in [-0.1, -0.05) is 11.6 Å². The lowest BCUT2D eigenvalue weighted by Crippen LogP contribution is -2.20. The molecule has 0 aliphatic rings. The molecule has 0 aliphatic carbocycles. The minimum Gasteiger partial charge on any atom is -0.456 e. The van der Waals surface area contributed by atoms with Crippen molar-refractivity contribution < 1.29 is 19.1 Å². The lowest BCUT2D eigenvalue weighted by atomic mass is 10.2. The van der Waals surface area contributed by atoms with E-state index in [1.807, 2.05) is 0 Å². The number of carbonyl (C=O) groups excluding carboxylic acids is 3. The molecule has 0 atom stereocenters. The van der Waals surface area contributed by atoms with Gasteiger partial charge in [-0.3, -0.25) is 14.4 Å². The fraction of sp³-hybridized carbons (Fsp3) is 0.136. The Labute approximate surface area is 193 Å². The first-order chi connectivity index (χ1) is 15.4. The number of nitrogens with one attached hydrogen (secondary N) is 2. The van der Waals surface area contributed by atoms with Crippen LogP contribution in [0.15, 0.2) is 66.0 Å². The second kappa shape index (κ2) is 11.3. The first-order valence-electron chi connectivity index (χ1n) is 9.43. The van der Waals surface area contributed by atoms with Crippen LogP contribution in [-0.4, -0.2) is 34.4 Å². The third kappa shape index (κ3) is 7.07. The lowest BCUT2D eigenvalue weighted by Gasteiger charge is -2.10. The van der Waals surface area contributed by atoms with E-state index in [-0.39, 0.29) is 12.5 Å². The maximum absolute atomic E-state index is 12.7. The molecule has 3 aromatic rings. The van der Waals surface area contributed by atoms with Crippen LogP contribution in [0.25, 0.3) is 0 Å². The molecule has 0 spiro atoms. The Hall–Kier alpha value is -3.43. The highest BCUT2D eigenvalue weighted by atomic mass is 35.5. The molecule has 0 aliphatic heterocycles. The zero-order valence-electron chi connectivity index (χ0n) is 17.0. The first kappa shape index (κ1) is 23.2. The van der Waals surface area contributed by atoms with Crippen LogP contribution in [0.3, 0.4) is 0 Å². The molecule has 2 aromatic heterocycles. The molecular formula is C22H19ClN4O4S. The summed E-state index contributed by atoms with van der Waals surface area (Å²) in [5, 5.41) is 6.55. The Morgan fingerprint density at radius 1 is 1.03 bits per heavy atom. The number of ether oxygens (including phenoxy) is 1. The number of anilines is 2. The van der Waals surface area contributed by atoms with E-state index in [9.17, 15) is 14.4 Å². The number of carbonyl (C=O) groups is 3. The van der Waals surface area contributed by atoms with Crippen molar-refractivity contribution in [3.8, 4) is 0 Å². The molecule has 2 heterocycles. The summed E-state index contributed by atoms with van der Waals surface area (Å²) >= 11 is 7.26. The summed E-state index contributed by atoms with van der Waals surface area (Å²) in [6.07, 6.45) is 3.18. The van der Waals surface area contributed by atoms with Crippen LogP contribution >= 0.6 is 23.4 Å². The maximum atomic E-state index is 12.7. The van der Waals surface area contributed by atoms with Crippen molar-refractivity contribution in [1.82, 2.24) is 9.97 Å². The number of benzene rings is 1. The van der Waals surface area contributed by atoms with E-state index in [0.717, 1.165) is 5.56 Å².